The molecule has 8 heteroatoms. The van der Waals surface area contributed by atoms with E-state index < -0.39 is 0 Å². The first-order valence-electron chi connectivity index (χ1n) is 9.51. The molecule has 0 N–H and O–H groups in total. The van der Waals surface area contributed by atoms with E-state index in [4.69, 9.17) is 0 Å². The second kappa shape index (κ2) is 9.09. The standard InChI is InChI=1S/C13H10N3.C9H8N3.2Ga.2H/c1-9-5-6-10-12(8-9)16-13(15-10)11-4-2-3-7-14-11;1-7-2-3-10-8(6-7)9-11-4-5-12-9;;;;/h2-8H,1H3;2-6H,1H3;;;;/q2*-1;2*+1;;. The molecule has 6 nitrogen and oxygen atoms in total. The number of imidazole rings is 2. The number of hydrogen-bond donors (Lipinski definition) is 0. The van der Waals surface area contributed by atoms with Gasteiger partial charge in [0, 0.05) is 0 Å². The summed E-state index contributed by atoms with van der Waals surface area (Å²) in [6.45, 7) is 4.16. The average molecular weight is 508 g/mol. The minimum atomic E-state index is 0.938. The van der Waals surface area contributed by atoms with Crippen molar-refractivity contribution in [3.05, 3.63) is 84.4 Å². The third kappa shape index (κ3) is 4.46. The predicted octanol–water partition coefficient (Wildman–Crippen LogP) is 2.99. The quantitative estimate of drug-likeness (QED) is 0.345. The van der Waals surface area contributed by atoms with Crippen LogP contribution in [-0.4, -0.2) is 64.2 Å². The monoisotopic (exact) mass is 506 g/mol. The summed E-state index contributed by atoms with van der Waals surface area (Å²) >= 11 is 2.07. The second-order valence-corrected chi connectivity index (χ2v) is 9.77. The molecule has 0 atom stereocenters. The number of pyridine rings is 2. The molecule has 0 unspecified atom stereocenters. The third-order valence-electron chi connectivity index (χ3n) is 4.66. The maximum atomic E-state index is 4.66. The van der Waals surface area contributed by atoms with E-state index >= 15 is 0 Å². The molecule has 4 aromatic heterocycles. The molecule has 2 radical (unpaired) electrons. The van der Waals surface area contributed by atoms with Gasteiger partial charge in [0.15, 0.2) is 0 Å². The molecule has 0 spiro atoms. The molecule has 4 heterocycles. The Morgan fingerprint density at radius 2 is 1.53 bits per heavy atom. The number of benzene rings is 1. The van der Waals surface area contributed by atoms with Gasteiger partial charge in [0.05, 0.1) is 0 Å². The molecule has 0 saturated carbocycles. The SMILES string of the molecule is Cc1ccc2nc(-c3ccccn3)[n]([GaH])c2c1.Cc1ccnc(-c2ncc[n]2[GaH])c1. The number of fused-ring (bicyclic) bond motifs is 1. The fourth-order valence-electron chi connectivity index (χ4n) is 3.12. The van der Waals surface area contributed by atoms with Crippen LogP contribution in [0, 0.1) is 13.8 Å². The van der Waals surface area contributed by atoms with Gasteiger partial charge >= 0.3 is 197 Å². The van der Waals surface area contributed by atoms with Crippen LogP contribution < -0.4 is 0 Å². The van der Waals surface area contributed by atoms with Crippen LogP contribution in [-0.2, 0) is 0 Å². The van der Waals surface area contributed by atoms with Crippen molar-refractivity contribution < 1.29 is 0 Å². The zero-order chi connectivity index (χ0) is 21.1. The first-order valence-corrected chi connectivity index (χ1v) is 12.2. The molecule has 5 aromatic rings. The van der Waals surface area contributed by atoms with Gasteiger partial charge in [-0.1, -0.05) is 0 Å². The Morgan fingerprint density at radius 1 is 0.733 bits per heavy atom. The zero-order valence-electron chi connectivity index (χ0n) is 17.0. The Bertz CT molecular complexity index is 1290. The summed E-state index contributed by atoms with van der Waals surface area (Å²) in [5, 5.41) is 0. The molecule has 5 rings (SSSR count). The van der Waals surface area contributed by atoms with Gasteiger partial charge in [0.25, 0.3) is 0 Å². The van der Waals surface area contributed by atoms with Crippen molar-refractivity contribution in [2.75, 3.05) is 0 Å². The van der Waals surface area contributed by atoms with Crippen molar-refractivity contribution in [2.45, 2.75) is 13.8 Å². The van der Waals surface area contributed by atoms with Gasteiger partial charge < -0.3 is 0 Å². The van der Waals surface area contributed by atoms with Crippen LogP contribution in [0.25, 0.3) is 34.1 Å². The summed E-state index contributed by atoms with van der Waals surface area (Å²) in [7, 11) is 0. The van der Waals surface area contributed by atoms with Gasteiger partial charge in [0.1, 0.15) is 0 Å². The Balaban J connectivity index is 0.000000151. The molecule has 0 aliphatic rings. The van der Waals surface area contributed by atoms with E-state index in [-0.39, 0.29) is 0 Å². The molecular weight excluding hydrogens is 488 g/mol. The molecular formula is C22H20Ga2N6. The summed E-state index contributed by atoms with van der Waals surface area (Å²) in [5.41, 5.74) is 6.62. The Hall–Kier alpha value is -2.53. The van der Waals surface area contributed by atoms with Gasteiger partial charge in [-0.15, -0.1) is 0 Å². The van der Waals surface area contributed by atoms with Crippen LogP contribution in [0.3, 0.4) is 0 Å². The number of nitrogens with zero attached hydrogens (tertiary/aromatic N) is 6. The fraction of sp³-hybridized carbons (Fsp3) is 0.0909. The van der Waals surface area contributed by atoms with Crippen LogP contribution in [0.15, 0.2) is 73.3 Å². The van der Waals surface area contributed by atoms with Gasteiger partial charge in [-0.25, -0.2) is 0 Å². The van der Waals surface area contributed by atoms with E-state index in [0.29, 0.717) is 0 Å². The fourth-order valence-corrected chi connectivity index (χ4v) is 4.85. The summed E-state index contributed by atoms with van der Waals surface area (Å²) in [4.78, 5) is 17.6. The van der Waals surface area contributed by atoms with Crippen LogP contribution in [0.2, 0.25) is 0 Å². The van der Waals surface area contributed by atoms with E-state index in [1.165, 1.54) is 16.6 Å². The van der Waals surface area contributed by atoms with Crippen LogP contribution in [0.5, 0.6) is 0 Å². The molecule has 0 aliphatic heterocycles. The number of aryl methyl sites for hydroxylation is 2. The summed E-state index contributed by atoms with van der Waals surface area (Å²) in [6.07, 6.45) is 7.40. The summed E-state index contributed by atoms with van der Waals surface area (Å²) < 4.78 is 4.30. The normalized spacial score (nSPS) is 10.6. The Morgan fingerprint density at radius 3 is 2.23 bits per heavy atom. The molecule has 1 aromatic carbocycles. The van der Waals surface area contributed by atoms with Gasteiger partial charge in [0.2, 0.25) is 0 Å². The molecule has 0 saturated heterocycles. The number of aromatic nitrogens is 6. The van der Waals surface area contributed by atoms with Crippen LogP contribution >= 0.6 is 0 Å². The van der Waals surface area contributed by atoms with E-state index in [1.54, 1.807) is 6.20 Å². The van der Waals surface area contributed by atoms with E-state index in [1.807, 2.05) is 42.9 Å². The van der Waals surface area contributed by atoms with Crippen molar-refractivity contribution in [1.29, 1.82) is 0 Å². The zero-order valence-corrected chi connectivity index (χ0v) is 23.0. The Kier molecular flexibility index (Phi) is 6.28. The third-order valence-corrected chi connectivity index (χ3v) is 7.07. The molecule has 144 valence electrons. The van der Waals surface area contributed by atoms with Crippen LogP contribution in [0.1, 0.15) is 11.1 Å². The average Bonchev–Trinajstić information content (AvgIpc) is 3.32. The molecule has 0 fully saturated rings. The van der Waals surface area contributed by atoms with Crippen LogP contribution in [0.4, 0.5) is 0 Å². The van der Waals surface area contributed by atoms with E-state index in [9.17, 15) is 0 Å². The molecule has 30 heavy (non-hydrogen) atoms. The van der Waals surface area contributed by atoms with Crippen molar-refractivity contribution in [1.82, 2.24) is 26.5 Å². The molecule has 0 amide bonds. The molecule has 0 aliphatic carbocycles. The van der Waals surface area contributed by atoms with Gasteiger partial charge in [-0.3, -0.25) is 0 Å². The summed E-state index contributed by atoms with van der Waals surface area (Å²) in [6, 6.07) is 16.3. The van der Waals surface area contributed by atoms with Crippen molar-refractivity contribution in [3.63, 3.8) is 0 Å². The van der Waals surface area contributed by atoms with Crippen molar-refractivity contribution >= 4 is 48.7 Å². The second-order valence-electron chi connectivity index (χ2n) is 7.01. The number of hydrogen-bond acceptors (Lipinski definition) is 4. The van der Waals surface area contributed by atoms with Gasteiger partial charge in [-0.2, -0.15) is 0 Å². The van der Waals surface area contributed by atoms with Crippen molar-refractivity contribution in [3.8, 4) is 23.0 Å². The number of rotatable bonds is 2. The first-order chi connectivity index (χ1) is 14.5. The predicted molar refractivity (Wildman–Crippen MR) is 123 cm³/mol. The van der Waals surface area contributed by atoms with Gasteiger partial charge in [-0.05, 0) is 0 Å². The molecule has 0 bridgehead atoms. The van der Waals surface area contributed by atoms with E-state index in [2.05, 4.69) is 64.6 Å². The van der Waals surface area contributed by atoms with E-state index in [0.717, 1.165) is 66.2 Å². The topological polar surface area (TPSA) is 61.4 Å². The first kappa shape index (κ1) is 20.7. The van der Waals surface area contributed by atoms with Crippen molar-refractivity contribution in [2.24, 2.45) is 0 Å². The minimum absolute atomic E-state index is 0.938. The Labute approximate surface area is 195 Å². The summed E-state index contributed by atoms with van der Waals surface area (Å²) in [5.74, 6) is 1.93. The maximum absolute atomic E-state index is 4.66.